The second kappa shape index (κ2) is 10.4. The van der Waals surface area contributed by atoms with Crippen molar-refractivity contribution in [3.8, 4) is 22.5 Å². The Morgan fingerprint density at radius 3 is 1.42 bits per heavy atom. The molecule has 0 aliphatic heterocycles. The zero-order valence-corrected chi connectivity index (χ0v) is 27.2. The molecule has 50 heavy (non-hydrogen) atoms. The Balaban J connectivity index is 1.31. The molecule has 0 fully saturated rings. The number of hydrogen-bond acceptors (Lipinski definition) is 0. The minimum Gasteiger partial charge on any atom is -0.309 e. The highest BCUT2D eigenvalue weighted by atomic mass is 15.0. The highest BCUT2D eigenvalue weighted by Crippen LogP contribution is 2.46. The Morgan fingerprint density at radius 2 is 0.760 bits per heavy atom. The maximum Gasteiger partial charge on any atom is 0.0549 e. The second-order valence-corrected chi connectivity index (χ2v) is 13.4. The van der Waals surface area contributed by atoms with E-state index in [-0.39, 0.29) is 0 Å². The maximum absolute atomic E-state index is 2.48. The van der Waals surface area contributed by atoms with Crippen LogP contribution in [0.15, 0.2) is 182 Å². The fourth-order valence-electron chi connectivity index (χ4n) is 8.39. The molecule has 0 aliphatic carbocycles. The van der Waals surface area contributed by atoms with Gasteiger partial charge in [-0.25, -0.2) is 0 Å². The van der Waals surface area contributed by atoms with E-state index in [0.717, 1.165) is 5.69 Å². The lowest BCUT2D eigenvalue weighted by Gasteiger charge is -2.11. The van der Waals surface area contributed by atoms with Gasteiger partial charge in [-0.3, -0.25) is 0 Å². The van der Waals surface area contributed by atoms with E-state index < -0.39 is 0 Å². The molecular weight excluding hydrogens is 605 g/mol. The largest absolute Gasteiger partial charge is 0.309 e. The van der Waals surface area contributed by atoms with Crippen LogP contribution in [0.3, 0.4) is 0 Å². The molecule has 0 atom stereocenters. The SMILES string of the molecule is c1ccc2cc(-c3cccc4c3c3c5c6ccccc6n(-c6ccc7ccccc7c6)c5ccc3n4-c3ccc4ccccc4c3)ccc2c1. The van der Waals surface area contributed by atoms with Gasteiger partial charge in [0.1, 0.15) is 0 Å². The van der Waals surface area contributed by atoms with Crippen molar-refractivity contribution in [3.05, 3.63) is 182 Å². The van der Waals surface area contributed by atoms with E-state index in [1.807, 2.05) is 0 Å². The van der Waals surface area contributed by atoms with Crippen molar-refractivity contribution in [2.45, 2.75) is 0 Å². The van der Waals surface area contributed by atoms with Crippen LogP contribution in [0.4, 0.5) is 0 Å². The standard InChI is InChI=1S/C48H30N2/c1-4-13-34-28-37(21-20-31(34)10-1)40-17-9-19-43-46(40)48-45(50(43)39-25-23-33-12-3-6-15-36(33)30-39)27-26-44-47(48)41-16-7-8-18-42(41)49(44)38-24-22-32-11-2-5-14-35(32)29-38/h1-30H. The molecule has 0 saturated carbocycles. The zero-order valence-electron chi connectivity index (χ0n) is 27.2. The predicted molar refractivity (Wildman–Crippen MR) is 213 cm³/mol. The highest BCUT2D eigenvalue weighted by molar-refractivity contribution is 6.31. The number of benzene rings is 9. The molecule has 11 rings (SSSR count). The summed E-state index contributed by atoms with van der Waals surface area (Å²) in [5.74, 6) is 0. The van der Waals surface area contributed by atoms with Crippen molar-refractivity contribution in [1.82, 2.24) is 9.13 Å². The van der Waals surface area contributed by atoms with Crippen LogP contribution in [-0.2, 0) is 0 Å². The van der Waals surface area contributed by atoms with Crippen LogP contribution in [-0.4, -0.2) is 9.13 Å². The van der Waals surface area contributed by atoms with Crippen LogP contribution >= 0.6 is 0 Å². The first-order chi connectivity index (χ1) is 24.8. The molecule has 0 unspecified atom stereocenters. The normalized spacial score (nSPS) is 12.0. The molecule has 0 amide bonds. The van der Waals surface area contributed by atoms with Gasteiger partial charge in [0.2, 0.25) is 0 Å². The molecule has 2 aromatic heterocycles. The summed E-state index contributed by atoms with van der Waals surface area (Å²) in [6.07, 6.45) is 0. The van der Waals surface area contributed by atoms with Gasteiger partial charge >= 0.3 is 0 Å². The summed E-state index contributed by atoms with van der Waals surface area (Å²) in [4.78, 5) is 0. The number of aromatic nitrogens is 2. The average Bonchev–Trinajstić information content (AvgIpc) is 3.70. The fourth-order valence-corrected chi connectivity index (χ4v) is 8.39. The Kier molecular flexibility index (Phi) is 5.70. The number of nitrogens with zero attached hydrogens (tertiary/aromatic N) is 2. The summed E-state index contributed by atoms with van der Waals surface area (Å²) in [5.41, 5.74) is 9.63. The van der Waals surface area contributed by atoms with Crippen LogP contribution in [0.25, 0.3) is 98.4 Å². The van der Waals surface area contributed by atoms with Gasteiger partial charge in [0, 0.05) is 32.9 Å². The number of rotatable bonds is 3. The van der Waals surface area contributed by atoms with Gasteiger partial charge in [0.25, 0.3) is 0 Å². The first-order valence-electron chi connectivity index (χ1n) is 17.3. The van der Waals surface area contributed by atoms with E-state index in [0.29, 0.717) is 0 Å². The Hall–Kier alpha value is -6.64. The molecule has 0 bridgehead atoms. The third-order valence-electron chi connectivity index (χ3n) is 10.6. The summed E-state index contributed by atoms with van der Waals surface area (Å²) in [6.45, 7) is 0. The molecule has 11 aromatic rings. The fraction of sp³-hybridized carbons (Fsp3) is 0. The van der Waals surface area contributed by atoms with E-state index in [1.165, 1.54) is 92.7 Å². The predicted octanol–water partition coefficient (Wildman–Crippen LogP) is 13.0. The molecule has 9 aromatic carbocycles. The summed E-state index contributed by atoms with van der Waals surface area (Å²) < 4.78 is 4.93. The lowest BCUT2D eigenvalue weighted by molar-refractivity contribution is 1.18. The van der Waals surface area contributed by atoms with Crippen LogP contribution in [0, 0.1) is 0 Å². The second-order valence-electron chi connectivity index (χ2n) is 13.4. The van der Waals surface area contributed by atoms with Crippen molar-refractivity contribution in [3.63, 3.8) is 0 Å². The highest BCUT2D eigenvalue weighted by Gasteiger charge is 2.23. The first kappa shape index (κ1) is 27.3. The topological polar surface area (TPSA) is 9.86 Å². The number of para-hydroxylation sites is 1. The van der Waals surface area contributed by atoms with Gasteiger partial charge in [0.15, 0.2) is 0 Å². The van der Waals surface area contributed by atoms with Gasteiger partial charge in [-0.1, -0.05) is 127 Å². The summed E-state index contributed by atoms with van der Waals surface area (Å²) in [6, 6.07) is 66.9. The minimum absolute atomic E-state index is 1.16. The Bertz CT molecular complexity index is 3160. The zero-order chi connectivity index (χ0) is 32.8. The number of fused-ring (bicyclic) bond motifs is 10. The van der Waals surface area contributed by atoms with Crippen LogP contribution < -0.4 is 0 Å². The Morgan fingerprint density at radius 1 is 0.280 bits per heavy atom. The third-order valence-corrected chi connectivity index (χ3v) is 10.6. The summed E-state index contributed by atoms with van der Waals surface area (Å²) in [7, 11) is 0. The smallest absolute Gasteiger partial charge is 0.0549 e. The first-order valence-corrected chi connectivity index (χ1v) is 17.3. The quantitative estimate of drug-likeness (QED) is 0.183. The molecule has 2 nitrogen and oxygen atoms in total. The lowest BCUT2D eigenvalue weighted by atomic mass is 9.95. The molecule has 0 saturated heterocycles. The van der Waals surface area contributed by atoms with Crippen molar-refractivity contribution in [2.75, 3.05) is 0 Å². The molecule has 0 radical (unpaired) electrons. The van der Waals surface area contributed by atoms with Crippen molar-refractivity contribution < 1.29 is 0 Å². The monoisotopic (exact) mass is 634 g/mol. The van der Waals surface area contributed by atoms with Crippen molar-refractivity contribution >= 4 is 75.9 Å². The van der Waals surface area contributed by atoms with Gasteiger partial charge < -0.3 is 9.13 Å². The van der Waals surface area contributed by atoms with Crippen LogP contribution in [0.5, 0.6) is 0 Å². The number of hydrogen-bond donors (Lipinski definition) is 0. The Labute approximate surface area is 288 Å². The van der Waals surface area contributed by atoms with Crippen molar-refractivity contribution in [1.29, 1.82) is 0 Å². The van der Waals surface area contributed by atoms with Gasteiger partial charge in [0.05, 0.1) is 22.1 Å². The molecule has 2 heterocycles. The van der Waals surface area contributed by atoms with E-state index >= 15 is 0 Å². The van der Waals surface area contributed by atoms with Gasteiger partial charge in [-0.15, -0.1) is 0 Å². The van der Waals surface area contributed by atoms with Gasteiger partial charge in [-0.05, 0) is 98.0 Å². The van der Waals surface area contributed by atoms with E-state index in [2.05, 4.69) is 191 Å². The van der Waals surface area contributed by atoms with Crippen LogP contribution in [0.1, 0.15) is 0 Å². The van der Waals surface area contributed by atoms with E-state index in [4.69, 9.17) is 0 Å². The molecule has 0 aliphatic rings. The molecular formula is C48H30N2. The van der Waals surface area contributed by atoms with Gasteiger partial charge in [-0.2, -0.15) is 0 Å². The summed E-state index contributed by atoms with van der Waals surface area (Å²) in [5, 5.41) is 12.6. The lowest BCUT2D eigenvalue weighted by Crippen LogP contribution is -1.95. The average molecular weight is 635 g/mol. The molecule has 232 valence electrons. The molecule has 2 heteroatoms. The van der Waals surface area contributed by atoms with Crippen LogP contribution in [0.2, 0.25) is 0 Å². The molecule has 0 N–H and O–H groups in total. The maximum atomic E-state index is 2.48. The van der Waals surface area contributed by atoms with E-state index in [1.54, 1.807) is 0 Å². The van der Waals surface area contributed by atoms with Crippen molar-refractivity contribution in [2.24, 2.45) is 0 Å². The molecule has 0 spiro atoms. The third kappa shape index (κ3) is 3.90. The summed E-state index contributed by atoms with van der Waals surface area (Å²) >= 11 is 0. The minimum atomic E-state index is 1.16. The van der Waals surface area contributed by atoms with E-state index in [9.17, 15) is 0 Å².